The summed E-state index contributed by atoms with van der Waals surface area (Å²) in [5, 5.41) is 9.54. The van der Waals surface area contributed by atoms with Crippen LogP contribution in [0, 0.1) is 6.92 Å². The molecule has 1 aromatic heterocycles. The molecule has 0 amide bonds. The average molecular weight is 363 g/mol. The van der Waals surface area contributed by atoms with Gasteiger partial charge in [0.15, 0.2) is 0 Å². The molecule has 0 aliphatic rings. The van der Waals surface area contributed by atoms with Crippen LogP contribution in [-0.4, -0.2) is 22.6 Å². The van der Waals surface area contributed by atoms with E-state index >= 15 is 0 Å². The minimum atomic E-state index is -3.25. The van der Waals surface area contributed by atoms with E-state index in [0.717, 1.165) is 11.3 Å². The van der Waals surface area contributed by atoms with Crippen molar-refractivity contribution in [2.75, 3.05) is 6.56 Å². The lowest BCUT2D eigenvalue weighted by Gasteiger charge is -2.07. The molecule has 0 unspecified atom stereocenters. The fourth-order valence-corrected chi connectivity index (χ4v) is 2.88. The number of carboxylic acids is 1. The lowest BCUT2D eigenvalue weighted by Crippen LogP contribution is -1.95. The van der Waals surface area contributed by atoms with Gasteiger partial charge in [0.05, 0.1) is 19.5 Å². The van der Waals surface area contributed by atoms with Gasteiger partial charge in [-0.3, -0.25) is 0 Å². The predicted octanol–water partition coefficient (Wildman–Crippen LogP) is 4.37. The Morgan fingerprint density at radius 2 is 2.45 bits per heavy atom. The van der Waals surface area contributed by atoms with Crippen LogP contribution in [0.3, 0.4) is 0 Å². The zero-order valence-corrected chi connectivity index (χ0v) is 12.6. The molecule has 4 nitrogen and oxygen atoms in total. The van der Waals surface area contributed by atoms with Crippen LogP contribution in [0.4, 0.5) is 0 Å². The maximum absolute atomic E-state index is 11.1. The Balaban J connectivity index is 2.35. The van der Waals surface area contributed by atoms with Gasteiger partial charge < -0.3 is 9.84 Å². The molecule has 0 aliphatic carbocycles. The quantitative estimate of drug-likeness (QED) is 0.857. The van der Waals surface area contributed by atoms with E-state index < -0.39 is 25.8 Å². The number of carboxylic acid groups (broad SMARTS) is 1. The van der Waals surface area contributed by atoms with E-state index in [1.165, 1.54) is 18.2 Å². The second kappa shape index (κ2) is 6.37. The van der Waals surface area contributed by atoms with Crippen molar-refractivity contribution in [1.29, 1.82) is 0 Å². The molecule has 0 radical (unpaired) electrons. The molecule has 0 aliphatic heterocycles. The zero-order chi connectivity index (χ0) is 20.8. The summed E-state index contributed by atoms with van der Waals surface area (Å²) in [7, 11) is 0. The van der Waals surface area contributed by atoms with E-state index in [1.54, 1.807) is 6.92 Å². The number of benzene rings is 1. The molecule has 2 rings (SSSR count). The molecular weight excluding hydrogens is 342 g/mol. The summed E-state index contributed by atoms with van der Waals surface area (Å²) >= 11 is 4.15. The molecule has 1 N–H and O–H groups in total. The summed E-state index contributed by atoms with van der Waals surface area (Å²) in [6, 6.07) is 4.31. The Labute approximate surface area is 139 Å². The van der Waals surface area contributed by atoms with Crippen molar-refractivity contribution in [3.63, 3.8) is 0 Å². The van der Waals surface area contributed by atoms with Crippen LogP contribution in [0.1, 0.15) is 38.2 Å². The normalized spacial score (nSPS) is 17.8. The molecule has 6 heteroatoms. The molecule has 0 fully saturated rings. The molecule has 2 aromatic rings. The highest BCUT2D eigenvalue weighted by atomic mass is 79.9. The highest BCUT2D eigenvalue weighted by Crippen LogP contribution is 2.33. The predicted molar refractivity (Wildman–Crippen MR) is 82.7 cm³/mol. The van der Waals surface area contributed by atoms with E-state index in [1.807, 2.05) is 0 Å². The smallest absolute Gasteiger partial charge is 0.347 e. The van der Waals surface area contributed by atoms with Gasteiger partial charge >= 0.3 is 5.97 Å². The molecule has 1 heterocycles. The first kappa shape index (κ1) is 8.14. The number of halogens is 1. The van der Waals surface area contributed by atoms with Crippen LogP contribution >= 0.6 is 27.3 Å². The summed E-state index contributed by atoms with van der Waals surface area (Å²) < 4.78 is 57.4. The van der Waals surface area contributed by atoms with Crippen LogP contribution in [0.25, 0.3) is 10.6 Å². The van der Waals surface area contributed by atoms with Crippen molar-refractivity contribution in [3.05, 3.63) is 33.2 Å². The maximum Gasteiger partial charge on any atom is 0.347 e. The SMILES string of the molecule is [2H]C([2H])([2H])C([2H])([2H])C([2H])([2H])Oc1ccc(-c2nc(C)c(C(=O)O)s2)cc1Br. The number of ether oxygens (including phenoxy) is 1. The lowest BCUT2D eigenvalue weighted by atomic mass is 10.2. The van der Waals surface area contributed by atoms with Crippen molar-refractivity contribution in [1.82, 2.24) is 4.98 Å². The fraction of sp³-hybridized carbons (Fsp3) is 0.286. The first-order valence-electron chi connectivity index (χ1n) is 8.87. The van der Waals surface area contributed by atoms with Crippen LogP contribution < -0.4 is 4.74 Å². The third kappa shape index (κ3) is 3.19. The number of aromatic nitrogens is 1. The van der Waals surface area contributed by atoms with E-state index in [-0.39, 0.29) is 15.1 Å². The third-order valence-corrected chi connectivity index (χ3v) is 4.20. The van der Waals surface area contributed by atoms with Crippen LogP contribution in [0.2, 0.25) is 0 Å². The Bertz CT molecular complexity index is 882. The summed E-state index contributed by atoms with van der Waals surface area (Å²) in [5.74, 6) is -1.20. The molecule has 20 heavy (non-hydrogen) atoms. The van der Waals surface area contributed by atoms with E-state index in [9.17, 15) is 4.79 Å². The number of nitrogens with zero attached hydrogens (tertiary/aromatic N) is 1. The highest BCUT2D eigenvalue weighted by molar-refractivity contribution is 9.10. The van der Waals surface area contributed by atoms with Gasteiger partial charge in [-0.2, -0.15) is 0 Å². The van der Waals surface area contributed by atoms with Gasteiger partial charge in [0, 0.05) is 12.4 Å². The van der Waals surface area contributed by atoms with Crippen molar-refractivity contribution >= 4 is 33.2 Å². The molecule has 0 saturated heterocycles. The molecule has 1 aromatic carbocycles. The number of aromatic carboxylic acids is 1. The van der Waals surface area contributed by atoms with Gasteiger partial charge in [-0.05, 0) is 47.4 Å². The van der Waals surface area contributed by atoms with Crippen LogP contribution in [0.5, 0.6) is 5.75 Å². The van der Waals surface area contributed by atoms with Crippen molar-refractivity contribution in [3.8, 4) is 16.3 Å². The largest absolute Gasteiger partial charge is 0.492 e. The first-order valence-corrected chi connectivity index (χ1v) is 6.98. The Morgan fingerprint density at radius 3 is 3.05 bits per heavy atom. The number of rotatable bonds is 5. The number of hydrogen-bond acceptors (Lipinski definition) is 4. The molecule has 106 valence electrons. The van der Waals surface area contributed by atoms with Gasteiger partial charge in [-0.15, -0.1) is 11.3 Å². The van der Waals surface area contributed by atoms with E-state index in [0.29, 0.717) is 16.3 Å². The fourth-order valence-electron chi connectivity index (χ4n) is 1.52. The van der Waals surface area contributed by atoms with Gasteiger partial charge in [0.25, 0.3) is 0 Å². The van der Waals surface area contributed by atoms with Crippen LogP contribution in [-0.2, 0) is 0 Å². The minimum absolute atomic E-state index is 0.101. The standard InChI is InChI=1S/C14H14BrNO3S/c1-3-6-19-11-5-4-9(7-10(11)15)13-16-8(2)12(20-13)14(17)18/h4-5,7H,3,6H2,1-2H3,(H,17,18)/i1D3,3D2,6D2. The van der Waals surface area contributed by atoms with Gasteiger partial charge in [0.2, 0.25) is 0 Å². The summed E-state index contributed by atoms with van der Waals surface area (Å²) in [4.78, 5) is 15.4. The average Bonchev–Trinajstić information content (AvgIpc) is 2.90. The molecule has 0 saturated carbocycles. The molecular formula is C14H14BrNO3S. The number of hydrogen-bond donors (Lipinski definition) is 1. The number of aryl methyl sites for hydroxylation is 1. The van der Waals surface area contributed by atoms with Crippen molar-refractivity contribution in [2.45, 2.75) is 20.1 Å². The lowest BCUT2D eigenvalue weighted by molar-refractivity contribution is 0.0701. The summed E-state index contributed by atoms with van der Waals surface area (Å²) in [6.45, 7) is -4.79. The van der Waals surface area contributed by atoms with Crippen molar-refractivity contribution < 1.29 is 24.2 Å². The number of carbonyl (C=O) groups is 1. The van der Waals surface area contributed by atoms with Crippen LogP contribution in [0.15, 0.2) is 22.7 Å². The molecule has 0 bridgehead atoms. The summed E-state index contributed by atoms with van der Waals surface area (Å²) in [6.07, 6.45) is -3.25. The second-order valence-electron chi connectivity index (χ2n) is 3.71. The van der Waals surface area contributed by atoms with Crippen molar-refractivity contribution in [2.24, 2.45) is 0 Å². The van der Waals surface area contributed by atoms with E-state index in [4.69, 9.17) is 19.4 Å². The maximum atomic E-state index is 11.1. The monoisotopic (exact) mass is 362 g/mol. The topological polar surface area (TPSA) is 59.4 Å². The molecule has 0 atom stereocenters. The highest BCUT2D eigenvalue weighted by Gasteiger charge is 2.15. The Kier molecular flexibility index (Phi) is 2.59. The Morgan fingerprint density at radius 1 is 1.65 bits per heavy atom. The second-order valence-corrected chi connectivity index (χ2v) is 5.57. The van der Waals surface area contributed by atoms with Gasteiger partial charge in [0.1, 0.15) is 15.6 Å². The van der Waals surface area contributed by atoms with Gasteiger partial charge in [-0.25, -0.2) is 9.78 Å². The summed E-state index contributed by atoms with van der Waals surface area (Å²) in [5.41, 5.74) is 0.898. The first-order chi connectivity index (χ1) is 12.2. The van der Waals surface area contributed by atoms with E-state index in [2.05, 4.69) is 20.9 Å². The van der Waals surface area contributed by atoms with Gasteiger partial charge in [-0.1, -0.05) is 6.85 Å². The minimum Gasteiger partial charge on any atom is -0.492 e. The number of thiazole rings is 1. The zero-order valence-electron chi connectivity index (χ0n) is 17.2. The Hall–Kier alpha value is -1.40. The molecule has 0 spiro atoms. The third-order valence-electron chi connectivity index (χ3n) is 2.38.